The van der Waals surface area contributed by atoms with Crippen molar-refractivity contribution in [3.63, 3.8) is 0 Å². The number of rotatable bonds is 12. The summed E-state index contributed by atoms with van der Waals surface area (Å²) in [6.45, 7) is 3.69. The van der Waals surface area contributed by atoms with E-state index < -0.39 is 47.2 Å². The van der Waals surface area contributed by atoms with Crippen molar-refractivity contribution in [2.24, 2.45) is 5.92 Å². The van der Waals surface area contributed by atoms with Gasteiger partial charge in [0.2, 0.25) is 17.6 Å². The van der Waals surface area contributed by atoms with E-state index in [0.717, 1.165) is 16.7 Å². The number of nitrogens with zero attached hydrogens (tertiary/aromatic N) is 2. The van der Waals surface area contributed by atoms with E-state index in [1.54, 1.807) is 24.3 Å². The highest BCUT2D eigenvalue weighted by Crippen LogP contribution is 2.42. The number of benzene rings is 4. The SMILES string of the molecule is CC(C)[C@H](NC(=O)OCc1ccccc1)C(=O)N1C(c2ccccc2)SC[C@H]1C(=O)N[C@@H](Cc1ccccc1)C(=O)c1nc2ccccc2o1. The minimum Gasteiger partial charge on any atom is -0.445 e. The van der Waals surface area contributed by atoms with Crippen molar-refractivity contribution in [3.8, 4) is 0 Å². The van der Waals surface area contributed by atoms with E-state index in [0.29, 0.717) is 11.1 Å². The third-order valence-electron chi connectivity index (χ3n) is 8.48. The number of aromatic nitrogens is 1. The van der Waals surface area contributed by atoms with Crippen LogP contribution in [0.1, 0.15) is 46.6 Å². The van der Waals surface area contributed by atoms with E-state index >= 15 is 0 Å². The van der Waals surface area contributed by atoms with Crippen LogP contribution >= 0.6 is 11.8 Å². The molecule has 11 heteroatoms. The molecule has 4 atom stereocenters. The van der Waals surface area contributed by atoms with Crippen LogP contribution in [-0.2, 0) is 27.4 Å². The van der Waals surface area contributed by atoms with Crippen LogP contribution in [0, 0.1) is 5.92 Å². The van der Waals surface area contributed by atoms with Crippen LogP contribution in [0.3, 0.4) is 0 Å². The lowest BCUT2D eigenvalue weighted by molar-refractivity contribution is -0.142. The number of Topliss-reactive ketones (excluding diaryl/α,β-unsaturated/α-hetero) is 1. The molecule has 6 rings (SSSR count). The number of carbonyl (C=O) groups is 4. The molecule has 1 aliphatic rings. The topological polar surface area (TPSA) is 131 Å². The Balaban J connectivity index is 1.26. The van der Waals surface area contributed by atoms with Gasteiger partial charge >= 0.3 is 6.09 Å². The molecule has 2 heterocycles. The van der Waals surface area contributed by atoms with Crippen LogP contribution in [0.15, 0.2) is 120 Å². The third kappa shape index (κ3) is 8.06. The molecule has 10 nitrogen and oxygen atoms in total. The molecule has 1 fully saturated rings. The van der Waals surface area contributed by atoms with Gasteiger partial charge in [-0.2, -0.15) is 0 Å². The van der Waals surface area contributed by atoms with Gasteiger partial charge in [0.1, 0.15) is 35.6 Å². The summed E-state index contributed by atoms with van der Waals surface area (Å²) in [5.74, 6) is -1.57. The molecular formula is C39H38N4O6S. The molecule has 1 saturated heterocycles. The number of ether oxygens (including phenoxy) is 1. The van der Waals surface area contributed by atoms with E-state index in [-0.39, 0.29) is 30.6 Å². The Morgan fingerprint density at radius 2 is 1.46 bits per heavy atom. The molecule has 1 unspecified atom stereocenters. The zero-order valence-corrected chi connectivity index (χ0v) is 28.5. The number of hydrogen-bond donors (Lipinski definition) is 2. The standard InChI is InChI=1S/C39H38N4O6S/c1-25(2)33(42-39(47)48-23-27-16-8-4-9-17-27)37(46)43-31(24-50-38(43)28-18-10-5-11-19-28)35(45)40-30(22-26-14-6-3-7-15-26)34(44)36-41-29-20-12-13-21-32(29)49-36/h3-21,25,30-31,33,38H,22-24H2,1-2H3,(H,40,45)(H,42,47)/t30-,31-,33-,38?/m0/s1. The van der Waals surface area contributed by atoms with Crippen molar-refractivity contribution in [3.05, 3.63) is 138 Å². The number of thioether (sulfide) groups is 1. The van der Waals surface area contributed by atoms with Crippen LogP contribution in [0.25, 0.3) is 11.1 Å². The van der Waals surface area contributed by atoms with Crippen molar-refractivity contribution >= 4 is 46.6 Å². The summed E-state index contributed by atoms with van der Waals surface area (Å²) in [7, 11) is 0. The van der Waals surface area contributed by atoms with E-state index in [9.17, 15) is 19.2 Å². The summed E-state index contributed by atoms with van der Waals surface area (Å²) in [4.78, 5) is 61.6. The number of amides is 3. The zero-order chi connectivity index (χ0) is 35.0. The van der Waals surface area contributed by atoms with Gasteiger partial charge in [-0.15, -0.1) is 11.8 Å². The molecule has 3 amide bonds. The van der Waals surface area contributed by atoms with Gasteiger partial charge < -0.3 is 24.7 Å². The van der Waals surface area contributed by atoms with E-state index in [2.05, 4.69) is 15.6 Å². The lowest BCUT2D eigenvalue weighted by Gasteiger charge is -2.34. The third-order valence-corrected chi connectivity index (χ3v) is 9.80. The highest BCUT2D eigenvalue weighted by atomic mass is 32.2. The van der Waals surface area contributed by atoms with Crippen molar-refractivity contribution in [1.82, 2.24) is 20.5 Å². The number of nitrogens with one attached hydrogen (secondary N) is 2. The second-order valence-corrected chi connectivity index (χ2v) is 13.5. The Labute approximate surface area is 294 Å². The number of ketones is 1. The molecule has 4 aromatic carbocycles. The molecular weight excluding hydrogens is 653 g/mol. The first-order chi connectivity index (χ1) is 24.3. The van der Waals surface area contributed by atoms with Gasteiger partial charge in [0.05, 0.1) is 0 Å². The molecule has 0 saturated carbocycles. The lowest BCUT2D eigenvalue weighted by Crippen LogP contribution is -2.57. The average molecular weight is 691 g/mol. The highest BCUT2D eigenvalue weighted by Gasteiger charge is 2.46. The summed E-state index contributed by atoms with van der Waals surface area (Å²) in [5, 5.41) is 5.19. The fourth-order valence-electron chi connectivity index (χ4n) is 5.87. The van der Waals surface area contributed by atoms with Gasteiger partial charge in [-0.1, -0.05) is 117 Å². The normalized spacial score (nSPS) is 16.9. The Hall–Kier alpha value is -5.42. The molecule has 0 spiro atoms. The van der Waals surface area contributed by atoms with E-state index in [1.165, 1.54) is 16.7 Å². The molecule has 0 bridgehead atoms. The van der Waals surface area contributed by atoms with E-state index in [1.807, 2.05) is 105 Å². The van der Waals surface area contributed by atoms with Crippen molar-refractivity contribution in [2.45, 2.75) is 50.4 Å². The Morgan fingerprint density at radius 1 is 0.840 bits per heavy atom. The number of carbonyl (C=O) groups excluding carboxylic acids is 4. The fourth-order valence-corrected chi connectivity index (χ4v) is 7.31. The first-order valence-electron chi connectivity index (χ1n) is 16.5. The number of oxazole rings is 1. The minimum atomic E-state index is -1.03. The predicted molar refractivity (Wildman–Crippen MR) is 191 cm³/mol. The van der Waals surface area contributed by atoms with Gasteiger partial charge in [-0.3, -0.25) is 14.4 Å². The smallest absolute Gasteiger partial charge is 0.408 e. The average Bonchev–Trinajstić information content (AvgIpc) is 3.79. The quantitative estimate of drug-likeness (QED) is 0.145. The van der Waals surface area contributed by atoms with Crippen molar-refractivity contribution in [1.29, 1.82) is 0 Å². The Kier molecular flexibility index (Phi) is 10.9. The van der Waals surface area contributed by atoms with Gasteiger partial charge in [0.25, 0.3) is 5.89 Å². The number of fused-ring (bicyclic) bond motifs is 1. The van der Waals surface area contributed by atoms with Crippen LogP contribution in [-0.4, -0.2) is 57.5 Å². The van der Waals surface area contributed by atoms with Crippen molar-refractivity contribution < 1.29 is 28.3 Å². The molecule has 0 aliphatic carbocycles. The molecule has 0 radical (unpaired) electrons. The molecule has 256 valence electrons. The molecule has 50 heavy (non-hydrogen) atoms. The maximum Gasteiger partial charge on any atom is 0.408 e. The molecule has 2 N–H and O–H groups in total. The monoisotopic (exact) mass is 690 g/mol. The Morgan fingerprint density at radius 3 is 2.12 bits per heavy atom. The largest absolute Gasteiger partial charge is 0.445 e. The first kappa shape index (κ1) is 34.4. The van der Waals surface area contributed by atoms with Crippen molar-refractivity contribution in [2.75, 3.05) is 5.75 Å². The Bertz CT molecular complexity index is 1900. The zero-order valence-electron chi connectivity index (χ0n) is 27.7. The van der Waals surface area contributed by atoms with Gasteiger partial charge in [-0.05, 0) is 34.7 Å². The molecule has 5 aromatic rings. The van der Waals surface area contributed by atoms with Crippen LogP contribution < -0.4 is 10.6 Å². The fraction of sp³-hybridized carbons (Fsp3) is 0.256. The summed E-state index contributed by atoms with van der Waals surface area (Å²) in [6.07, 6.45) is -0.555. The second kappa shape index (κ2) is 15.9. The van der Waals surface area contributed by atoms with Crippen LogP contribution in [0.4, 0.5) is 4.79 Å². The van der Waals surface area contributed by atoms with Gasteiger partial charge in [0.15, 0.2) is 5.58 Å². The summed E-state index contributed by atoms with van der Waals surface area (Å²) < 4.78 is 11.2. The number of hydrogen-bond acceptors (Lipinski definition) is 8. The molecule has 1 aliphatic heterocycles. The summed E-state index contributed by atoms with van der Waals surface area (Å²) in [5.41, 5.74) is 3.47. The van der Waals surface area contributed by atoms with Crippen LogP contribution in [0.2, 0.25) is 0 Å². The highest BCUT2D eigenvalue weighted by molar-refractivity contribution is 7.99. The minimum absolute atomic E-state index is 0.0415. The summed E-state index contributed by atoms with van der Waals surface area (Å²) in [6, 6.07) is 32.1. The van der Waals surface area contributed by atoms with Gasteiger partial charge in [0, 0.05) is 12.2 Å². The second-order valence-electron chi connectivity index (χ2n) is 12.4. The number of alkyl carbamates (subject to hydrolysis) is 1. The van der Waals surface area contributed by atoms with Crippen LogP contribution in [0.5, 0.6) is 0 Å². The maximum atomic E-state index is 14.5. The maximum absolute atomic E-state index is 14.5. The first-order valence-corrected chi connectivity index (χ1v) is 17.5. The predicted octanol–water partition coefficient (Wildman–Crippen LogP) is 6.33. The lowest BCUT2D eigenvalue weighted by atomic mass is 10.00. The summed E-state index contributed by atoms with van der Waals surface area (Å²) >= 11 is 1.45. The molecule has 1 aromatic heterocycles. The van der Waals surface area contributed by atoms with E-state index in [4.69, 9.17) is 9.15 Å². The van der Waals surface area contributed by atoms with Gasteiger partial charge in [-0.25, -0.2) is 9.78 Å². The number of para-hydroxylation sites is 2.